The van der Waals surface area contributed by atoms with Gasteiger partial charge in [-0.25, -0.2) is 4.98 Å². The lowest BCUT2D eigenvalue weighted by molar-refractivity contribution is -0.136. The van der Waals surface area contributed by atoms with Crippen LogP contribution in [0.5, 0.6) is 0 Å². The Morgan fingerprint density at radius 2 is 2.00 bits per heavy atom. The van der Waals surface area contributed by atoms with E-state index in [9.17, 15) is 9.59 Å². The van der Waals surface area contributed by atoms with Crippen LogP contribution < -0.4 is 11.3 Å². The molecule has 1 aromatic carbocycles. The van der Waals surface area contributed by atoms with Crippen LogP contribution in [-0.4, -0.2) is 21.0 Å². The Morgan fingerprint density at radius 1 is 1.36 bits per heavy atom. The Labute approximate surface area is 127 Å². The summed E-state index contributed by atoms with van der Waals surface area (Å²) < 4.78 is 0. The van der Waals surface area contributed by atoms with Crippen LogP contribution in [0.15, 0.2) is 29.1 Å². The number of allylic oxidation sites excluding steroid dienone is 1. The standard InChI is InChI=1S/C16H17N3O3/c1-9(11-3-5-12(17)6-4-11)7-14-13(8-15(20)21)16(22)19-10(2)18-14/h3-7H,8,17H2,1-2H3,(H,20,21)(H,18,19,22)/b9-7+. The SMILES string of the molecule is C/C(=C\c1nc(C)[nH]c(=O)c1CC(=O)O)c1ccc(N)cc1. The number of H-pyrrole nitrogens is 1. The number of nitrogen functional groups attached to an aromatic ring is 1. The molecule has 0 fully saturated rings. The maximum Gasteiger partial charge on any atom is 0.308 e. The van der Waals surface area contributed by atoms with Crippen molar-refractivity contribution < 1.29 is 9.90 Å². The van der Waals surface area contributed by atoms with E-state index in [4.69, 9.17) is 10.8 Å². The van der Waals surface area contributed by atoms with Crippen molar-refractivity contribution in [2.45, 2.75) is 20.3 Å². The van der Waals surface area contributed by atoms with Crippen molar-refractivity contribution >= 4 is 23.3 Å². The van der Waals surface area contributed by atoms with Crippen LogP contribution in [0.3, 0.4) is 0 Å². The summed E-state index contributed by atoms with van der Waals surface area (Å²) in [7, 11) is 0. The molecule has 0 saturated heterocycles. The Bertz CT molecular complexity index is 789. The number of aryl methyl sites for hydroxylation is 1. The average Bonchev–Trinajstić information content (AvgIpc) is 2.43. The van der Waals surface area contributed by atoms with Crippen LogP contribution in [-0.2, 0) is 11.2 Å². The number of hydrogen-bond acceptors (Lipinski definition) is 4. The molecule has 0 aliphatic carbocycles. The van der Waals surface area contributed by atoms with E-state index in [1.54, 1.807) is 25.1 Å². The van der Waals surface area contributed by atoms with Gasteiger partial charge < -0.3 is 15.8 Å². The lowest BCUT2D eigenvalue weighted by Gasteiger charge is -2.06. The minimum atomic E-state index is -1.07. The largest absolute Gasteiger partial charge is 0.481 e. The number of carboxylic acid groups (broad SMARTS) is 1. The van der Waals surface area contributed by atoms with Crippen molar-refractivity contribution in [3.05, 3.63) is 57.3 Å². The highest BCUT2D eigenvalue weighted by atomic mass is 16.4. The fourth-order valence-electron chi connectivity index (χ4n) is 2.11. The summed E-state index contributed by atoms with van der Waals surface area (Å²) in [6.07, 6.45) is 1.34. The van der Waals surface area contributed by atoms with Gasteiger partial charge in [0.1, 0.15) is 5.82 Å². The highest BCUT2D eigenvalue weighted by molar-refractivity contribution is 5.81. The van der Waals surface area contributed by atoms with Gasteiger partial charge in [0.25, 0.3) is 5.56 Å². The predicted molar refractivity (Wildman–Crippen MR) is 85.3 cm³/mol. The maximum absolute atomic E-state index is 12.0. The van der Waals surface area contributed by atoms with Crippen LogP contribution in [0.1, 0.15) is 29.6 Å². The van der Waals surface area contributed by atoms with E-state index in [0.29, 0.717) is 17.2 Å². The van der Waals surface area contributed by atoms with Crippen LogP contribution in [0.2, 0.25) is 0 Å². The van der Waals surface area contributed by atoms with Gasteiger partial charge in [0.15, 0.2) is 0 Å². The third kappa shape index (κ3) is 3.60. The maximum atomic E-state index is 12.0. The van der Waals surface area contributed by atoms with Crippen LogP contribution in [0.4, 0.5) is 5.69 Å². The van der Waals surface area contributed by atoms with Gasteiger partial charge in [0, 0.05) is 5.69 Å². The molecule has 0 unspecified atom stereocenters. The second kappa shape index (κ2) is 6.26. The first kappa shape index (κ1) is 15.5. The molecular formula is C16H17N3O3. The molecule has 22 heavy (non-hydrogen) atoms. The smallest absolute Gasteiger partial charge is 0.308 e. The van der Waals surface area contributed by atoms with Crippen molar-refractivity contribution in [3.63, 3.8) is 0 Å². The van der Waals surface area contributed by atoms with E-state index >= 15 is 0 Å². The molecule has 0 bridgehead atoms. The van der Waals surface area contributed by atoms with Gasteiger partial charge in [-0.3, -0.25) is 9.59 Å². The molecule has 2 aromatic rings. The van der Waals surface area contributed by atoms with E-state index in [1.165, 1.54) is 0 Å². The number of nitrogens with two attached hydrogens (primary N) is 1. The van der Waals surface area contributed by atoms with Gasteiger partial charge in [0.05, 0.1) is 17.7 Å². The lowest BCUT2D eigenvalue weighted by atomic mass is 10.0. The summed E-state index contributed by atoms with van der Waals surface area (Å²) in [5.41, 5.74) is 8.20. The Balaban J connectivity index is 2.51. The second-order valence-corrected chi connectivity index (χ2v) is 5.04. The molecular weight excluding hydrogens is 282 g/mol. The van der Waals surface area contributed by atoms with Gasteiger partial charge in [-0.05, 0) is 43.2 Å². The van der Waals surface area contributed by atoms with Crippen LogP contribution >= 0.6 is 0 Å². The number of aromatic nitrogens is 2. The third-order valence-electron chi connectivity index (χ3n) is 3.21. The first-order valence-corrected chi connectivity index (χ1v) is 6.72. The number of aromatic amines is 1. The number of carboxylic acids is 1. The van der Waals surface area contributed by atoms with E-state index < -0.39 is 11.5 Å². The molecule has 114 valence electrons. The molecule has 6 heteroatoms. The summed E-state index contributed by atoms with van der Waals surface area (Å²) in [6.45, 7) is 3.52. The van der Waals surface area contributed by atoms with Crippen molar-refractivity contribution in [2.24, 2.45) is 0 Å². The molecule has 0 saturated carbocycles. The van der Waals surface area contributed by atoms with Crippen molar-refractivity contribution in [1.82, 2.24) is 9.97 Å². The van der Waals surface area contributed by atoms with Crippen molar-refractivity contribution in [3.8, 4) is 0 Å². The minimum Gasteiger partial charge on any atom is -0.481 e. The normalized spacial score (nSPS) is 11.5. The summed E-state index contributed by atoms with van der Waals surface area (Å²) in [6, 6.07) is 7.28. The fourth-order valence-corrected chi connectivity index (χ4v) is 2.11. The van der Waals surface area contributed by atoms with E-state index in [2.05, 4.69) is 9.97 Å². The zero-order valence-corrected chi connectivity index (χ0v) is 12.4. The van der Waals surface area contributed by atoms with Crippen molar-refractivity contribution in [1.29, 1.82) is 0 Å². The average molecular weight is 299 g/mol. The molecule has 0 radical (unpaired) electrons. The summed E-state index contributed by atoms with van der Waals surface area (Å²) in [4.78, 5) is 29.7. The highest BCUT2D eigenvalue weighted by Crippen LogP contribution is 2.19. The molecule has 0 aliphatic heterocycles. The quantitative estimate of drug-likeness (QED) is 0.746. The minimum absolute atomic E-state index is 0.146. The zero-order valence-electron chi connectivity index (χ0n) is 12.4. The molecule has 0 aliphatic rings. The molecule has 0 spiro atoms. The molecule has 1 aromatic heterocycles. The van der Waals surface area contributed by atoms with E-state index in [0.717, 1.165) is 11.1 Å². The number of anilines is 1. The number of carbonyl (C=O) groups is 1. The molecule has 0 amide bonds. The molecule has 4 N–H and O–H groups in total. The summed E-state index contributed by atoms with van der Waals surface area (Å²) >= 11 is 0. The first-order valence-electron chi connectivity index (χ1n) is 6.72. The number of nitrogens with zero attached hydrogens (tertiary/aromatic N) is 1. The Hall–Kier alpha value is -2.89. The Morgan fingerprint density at radius 3 is 2.59 bits per heavy atom. The summed E-state index contributed by atoms with van der Waals surface area (Å²) in [5, 5.41) is 8.95. The number of benzene rings is 1. The number of nitrogens with one attached hydrogen (secondary N) is 1. The Kier molecular flexibility index (Phi) is 4.41. The van der Waals surface area contributed by atoms with Gasteiger partial charge in [-0.15, -0.1) is 0 Å². The van der Waals surface area contributed by atoms with Gasteiger partial charge >= 0.3 is 5.97 Å². The topological polar surface area (TPSA) is 109 Å². The zero-order chi connectivity index (χ0) is 16.3. The van der Waals surface area contributed by atoms with Gasteiger partial charge in [-0.2, -0.15) is 0 Å². The third-order valence-corrected chi connectivity index (χ3v) is 3.21. The predicted octanol–water partition coefficient (Wildman–Crippen LogP) is 1.85. The van der Waals surface area contributed by atoms with Gasteiger partial charge in [-0.1, -0.05) is 12.1 Å². The van der Waals surface area contributed by atoms with Crippen molar-refractivity contribution in [2.75, 3.05) is 5.73 Å². The van der Waals surface area contributed by atoms with Crippen LogP contribution in [0, 0.1) is 6.92 Å². The van der Waals surface area contributed by atoms with E-state index in [1.807, 2.05) is 19.1 Å². The number of aliphatic carboxylic acids is 1. The monoisotopic (exact) mass is 299 g/mol. The second-order valence-electron chi connectivity index (χ2n) is 5.04. The van der Waals surface area contributed by atoms with Crippen LogP contribution in [0.25, 0.3) is 11.6 Å². The molecule has 1 heterocycles. The number of rotatable bonds is 4. The van der Waals surface area contributed by atoms with Gasteiger partial charge in [0.2, 0.25) is 0 Å². The number of hydrogen-bond donors (Lipinski definition) is 3. The van der Waals surface area contributed by atoms with E-state index in [-0.39, 0.29) is 12.0 Å². The first-order chi connectivity index (χ1) is 10.4. The highest BCUT2D eigenvalue weighted by Gasteiger charge is 2.12. The molecule has 2 rings (SSSR count). The lowest BCUT2D eigenvalue weighted by Crippen LogP contribution is -2.20. The molecule has 6 nitrogen and oxygen atoms in total. The summed E-state index contributed by atoms with van der Waals surface area (Å²) in [5.74, 6) is -0.633. The molecule has 0 atom stereocenters. The fraction of sp³-hybridized carbons (Fsp3) is 0.188.